The predicted molar refractivity (Wildman–Crippen MR) is 121 cm³/mol. The Labute approximate surface area is 188 Å². The minimum absolute atomic E-state index is 0.0808. The quantitative estimate of drug-likeness (QED) is 0.258. The van der Waals surface area contributed by atoms with Crippen LogP contribution >= 0.6 is 39.1 Å². The van der Waals surface area contributed by atoms with Crippen LogP contribution in [0.4, 0.5) is 0 Å². The molecule has 0 amide bonds. The molecule has 0 aliphatic heterocycles. The highest BCUT2D eigenvalue weighted by Gasteiger charge is 2.10. The van der Waals surface area contributed by atoms with Crippen LogP contribution < -0.4 is 9.47 Å². The summed E-state index contributed by atoms with van der Waals surface area (Å²) in [5.74, 6) is 1.01. The lowest BCUT2D eigenvalue weighted by Gasteiger charge is -2.13. The van der Waals surface area contributed by atoms with Crippen molar-refractivity contribution in [2.24, 2.45) is 0 Å². The van der Waals surface area contributed by atoms with E-state index in [1.54, 1.807) is 49.6 Å². The summed E-state index contributed by atoms with van der Waals surface area (Å²) in [5, 5.41) is 0.874. The number of hydrogen-bond donors (Lipinski definition) is 0. The first-order valence-corrected chi connectivity index (χ1v) is 10.2. The third kappa shape index (κ3) is 5.63. The van der Waals surface area contributed by atoms with Gasteiger partial charge >= 0.3 is 0 Å². The molecule has 0 bridgehead atoms. The summed E-state index contributed by atoms with van der Waals surface area (Å²) in [6.07, 6.45) is 3.30. The van der Waals surface area contributed by atoms with Crippen molar-refractivity contribution < 1.29 is 14.3 Å². The average molecular weight is 492 g/mol. The number of allylic oxidation sites excluding steroid dienone is 1. The number of hydrogen-bond acceptors (Lipinski definition) is 3. The first kappa shape index (κ1) is 21.4. The summed E-state index contributed by atoms with van der Waals surface area (Å²) in [6.45, 7) is 0.216. The molecule has 0 N–H and O–H groups in total. The standard InChI is InChI=1S/C23H17BrCl2O3/c1-28-22-11-9-15(8-10-21(27)16-4-2-5-18(24)13-16)12-17(22)14-29-23-19(25)6-3-7-20(23)26/h2-13H,14H2,1H3/b10-8+. The Morgan fingerprint density at radius 2 is 1.76 bits per heavy atom. The van der Waals surface area contributed by atoms with Crippen LogP contribution in [-0.2, 0) is 6.61 Å². The van der Waals surface area contributed by atoms with Gasteiger partial charge in [0.2, 0.25) is 0 Å². The summed E-state index contributed by atoms with van der Waals surface area (Å²) in [5.41, 5.74) is 2.26. The number of rotatable bonds is 7. The molecule has 29 heavy (non-hydrogen) atoms. The predicted octanol–water partition coefficient (Wildman–Crippen LogP) is 7.24. The normalized spacial score (nSPS) is 10.9. The van der Waals surface area contributed by atoms with E-state index in [-0.39, 0.29) is 12.4 Å². The van der Waals surface area contributed by atoms with Gasteiger partial charge in [-0.05, 0) is 48.0 Å². The Morgan fingerprint density at radius 3 is 2.45 bits per heavy atom. The maximum absolute atomic E-state index is 12.4. The smallest absolute Gasteiger partial charge is 0.185 e. The molecule has 0 fully saturated rings. The summed E-state index contributed by atoms with van der Waals surface area (Å²) in [6, 6.07) is 18.0. The van der Waals surface area contributed by atoms with Gasteiger partial charge in [0, 0.05) is 15.6 Å². The largest absolute Gasteiger partial charge is 0.496 e. The van der Waals surface area contributed by atoms with Crippen molar-refractivity contribution in [3.8, 4) is 11.5 Å². The van der Waals surface area contributed by atoms with Crippen LogP contribution in [0.3, 0.4) is 0 Å². The minimum Gasteiger partial charge on any atom is -0.496 e. The maximum Gasteiger partial charge on any atom is 0.185 e. The van der Waals surface area contributed by atoms with Gasteiger partial charge in [0.25, 0.3) is 0 Å². The van der Waals surface area contributed by atoms with E-state index in [1.807, 2.05) is 30.3 Å². The number of ether oxygens (including phenoxy) is 2. The average Bonchev–Trinajstić information content (AvgIpc) is 2.71. The van der Waals surface area contributed by atoms with E-state index in [4.69, 9.17) is 32.7 Å². The highest BCUT2D eigenvalue weighted by molar-refractivity contribution is 9.10. The van der Waals surface area contributed by atoms with Crippen LogP contribution in [0.15, 0.2) is 71.2 Å². The SMILES string of the molecule is COc1ccc(/C=C/C(=O)c2cccc(Br)c2)cc1COc1c(Cl)cccc1Cl. The molecule has 0 spiro atoms. The van der Waals surface area contributed by atoms with Gasteiger partial charge in [-0.2, -0.15) is 0 Å². The topological polar surface area (TPSA) is 35.5 Å². The van der Waals surface area contributed by atoms with E-state index >= 15 is 0 Å². The van der Waals surface area contributed by atoms with Crippen molar-refractivity contribution in [3.05, 3.63) is 97.9 Å². The lowest BCUT2D eigenvalue weighted by atomic mass is 10.1. The zero-order chi connectivity index (χ0) is 20.8. The molecule has 0 aliphatic carbocycles. The van der Waals surface area contributed by atoms with Crippen LogP contribution in [0.5, 0.6) is 11.5 Å². The molecule has 0 saturated carbocycles. The van der Waals surface area contributed by atoms with Crippen LogP contribution in [0, 0.1) is 0 Å². The molecule has 0 saturated heterocycles. The van der Waals surface area contributed by atoms with Crippen molar-refractivity contribution in [2.75, 3.05) is 7.11 Å². The second-order valence-corrected chi connectivity index (χ2v) is 7.85. The van der Waals surface area contributed by atoms with E-state index in [0.717, 1.165) is 15.6 Å². The summed E-state index contributed by atoms with van der Waals surface area (Å²) < 4.78 is 12.1. The maximum atomic E-state index is 12.4. The number of benzene rings is 3. The van der Waals surface area contributed by atoms with Gasteiger partial charge in [0.1, 0.15) is 12.4 Å². The number of carbonyl (C=O) groups excluding carboxylic acids is 1. The molecular weight excluding hydrogens is 475 g/mol. The fraction of sp³-hybridized carbons (Fsp3) is 0.0870. The third-order valence-electron chi connectivity index (χ3n) is 4.13. The number of carbonyl (C=O) groups is 1. The van der Waals surface area contributed by atoms with Crippen LogP contribution in [0.25, 0.3) is 6.08 Å². The third-order valence-corrected chi connectivity index (χ3v) is 5.22. The Balaban J connectivity index is 1.79. The number of methoxy groups -OCH3 is 1. The molecule has 0 atom stereocenters. The molecule has 3 nitrogen and oxygen atoms in total. The van der Waals surface area contributed by atoms with Crippen LogP contribution in [0.2, 0.25) is 10.0 Å². The lowest BCUT2D eigenvalue weighted by molar-refractivity contribution is 0.104. The summed E-state index contributed by atoms with van der Waals surface area (Å²) in [7, 11) is 1.59. The monoisotopic (exact) mass is 490 g/mol. The second kappa shape index (κ2) is 9.97. The van der Waals surface area contributed by atoms with Gasteiger partial charge < -0.3 is 9.47 Å². The molecule has 3 aromatic rings. The van der Waals surface area contributed by atoms with Gasteiger partial charge in [-0.3, -0.25) is 4.79 Å². The lowest BCUT2D eigenvalue weighted by Crippen LogP contribution is -2.00. The molecule has 0 aliphatic rings. The second-order valence-electron chi connectivity index (χ2n) is 6.12. The highest BCUT2D eigenvalue weighted by atomic mass is 79.9. The van der Waals surface area contributed by atoms with Crippen LogP contribution in [-0.4, -0.2) is 12.9 Å². The van der Waals surface area contributed by atoms with Crippen LogP contribution in [0.1, 0.15) is 21.5 Å². The van der Waals surface area contributed by atoms with Crippen molar-refractivity contribution in [1.82, 2.24) is 0 Å². The highest BCUT2D eigenvalue weighted by Crippen LogP contribution is 2.33. The van der Waals surface area contributed by atoms with E-state index in [1.165, 1.54) is 0 Å². The van der Waals surface area contributed by atoms with E-state index in [9.17, 15) is 4.79 Å². The molecule has 148 valence electrons. The van der Waals surface area contributed by atoms with Crippen molar-refractivity contribution in [1.29, 1.82) is 0 Å². The zero-order valence-corrected chi connectivity index (χ0v) is 18.6. The fourth-order valence-electron chi connectivity index (χ4n) is 2.70. The van der Waals surface area contributed by atoms with Gasteiger partial charge in [-0.25, -0.2) is 0 Å². The molecular formula is C23H17BrCl2O3. The molecule has 0 heterocycles. The Morgan fingerprint density at radius 1 is 1.03 bits per heavy atom. The summed E-state index contributed by atoms with van der Waals surface area (Å²) in [4.78, 5) is 12.4. The molecule has 0 unspecified atom stereocenters. The van der Waals surface area contributed by atoms with Gasteiger partial charge in [-0.15, -0.1) is 0 Å². The van der Waals surface area contributed by atoms with E-state index in [2.05, 4.69) is 15.9 Å². The van der Waals surface area contributed by atoms with Crippen molar-refractivity contribution in [2.45, 2.75) is 6.61 Å². The molecule has 6 heteroatoms. The Bertz CT molecular complexity index is 1040. The molecule has 3 rings (SSSR count). The number of halogens is 3. The van der Waals surface area contributed by atoms with E-state index < -0.39 is 0 Å². The van der Waals surface area contributed by atoms with E-state index in [0.29, 0.717) is 27.1 Å². The van der Waals surface area contributed by atoms with Gasteiger partial charge in [-0.1, -0.05) is 69.5 Å². The molecule has 0 aromatic heterocycles. The van der Waals surface area contributed by atoms with Gasteiger partial charge in [0.15, 0.2) is 11.5 Å². The molecule has 3 aromatic carbocycles. The first-order valence-electron chi connectivity index (χ1n) is 8.69. The first-order chi connectivity index (χ1) is 14.0. The summed E-state index contributed by atoms with van der Waals surface area (Å²) >= 11 is 15.7. The fourth-order valence-corrected chi connectivity index (χ4v) is 3.60. The minimum atomic E-state index is -0.0808. The zero-order valence-electron chi connectivity index (χ0n) is 15.5. The Kier molecular flexibility index (Phi) is 7.37. The molecule has 0 radical (unpaired) electrons. The number of ketones is 1. The number of para-hydroxylation sites is 1. The van der Waals surface area contributed by atoms with Gasteiger partial charge in [0.05, 0.1) is 17.2 Å². The Hall–Kier alpha value is -2.27. The van der Waals surface area contributed by atoms with Crippen molar-refractivity contribution in [3.63, 3.8) is 0 Å². The van der Waals surface area contributed by atoms with Crippen molar-refractivity contribution >= 4 is 51.0 Å².